The lowest BCUT2D eigenvalue weighted by atomic mass is 9.80. The van der Waals surface area contributed by atoms with Gasteiger partial charge in [0.25, 0.3) is 0 Å². The second kappa shape index (κ2) is 6.15. The highest BCUT2D eigenvalue weighted by Gasteiger charge is 2.22. The van der Waals surface area contributed by atoms with Crippen molar-refractivity contribution in [3.05, 3.63) is 58.9 Å². The fourth-order valence-electron chi connectivity index (χ4n) is 3.43. The maximum Gasteiger partial charge on any atom is 0.159 e. The number of fused-ring (bicyclic) bond motifs is 1. The number of rotatable bonds is 3. The van der Waals surface area contributed by atoms with E-state index in [0.717, 1.165) is 48.9 Å². The average Bonchev–Trinajstić information content (AvgIpc) is 2.51. The smallest absolute Gasteiger partial charge is 0.159 e. The molecule has 1 aliphatic rings. The third kappa shape index (κ3) is 2.77. The highest BCUT2D eigenvalue weighted by molar-refractivity contribution is 5.66. The first kappa shape index (κ1) is 15.1. The van der Waals surface area contributed by atoms with Crippen LogP contribution in [0.5, 0.6) is 0 Å². The van der Waals surface area contributed by atoms with Crippen molar-refractivity contribution in [3.63, 3.8) is 0 Å². The monoisotopic (exact) mass is 304 g/mol. The minimum Gasteiger partial charge on any atom is -0.206 e. The summed E-state index contributed by atoms with van der Waals surface area (Å²) >= 11 is 0. The number of benzene rings is 2. The lowest BCUT2D eigenvalue weighted by molar-refractivity contribution is 0.415. The summed E-state index contributed by atoms with van der Waals surface area (Å²) in [6, 6.07) is 7.15. The van der Waals surface area contributed by atoms with Crippen LogP contribution in [0.25, 0.3) is 11.1 Å². The first-order chi connectivity index (χ1) is 10.6. The van der Waals surface area contributed by atoms with Crippen LogP contribution in [0.2, 0.25) is 0 Å². The molecule has 0 nitrogen and oxygen atoms in total. The summed E-state index contributed by atoms with van der Waals surface area (Å²) in [5.41, 5.74) is 2.55. The lowest BCUT2D eigenvalue weighted by Gasteiger charge is -2.25. The van der Waals surface area contributed by atoms with Crippen molar-refractivity contribution in [2.24, 2.45) is 5.92 Å². The number of hydrogen-bond acceptors (Lipinski definition) is 0. The molecule has 0 N–H and O–H groups in total. The third-order valence-corrected chi connectivity index (χ3v) is 4.58. The Bertz CT molecular complexity index is 691. The van der Waals surface area contributed by atoms with Gasteiger partial charge in [-0.1, -0.05) is 38.0 Å². The Morgan fingerprint density at radius 2 is 1.86 bits per heavy atom. The van der Waals surface area contributed by atoms with Gasteiger partial charge in [0, 0.05) is 5.56 Å². The van der Waals surface area contributed by atoms with E-state index in [1.807, 2.05) is 6.07 Å². The standard InChI is InChI=1S/C19H19F3/c1-2-3-12-4-7-15-13(10-12)5-8-16(19(15)22)14-6-9-17(20)18(21)11-14/h5-6,8-9,11-12H,2-4,7,10H2,1H3. The molecule has 0 spiro atoms. The van der Waals surface area contributed by atoms with Gasteiger partial charge in [0.05, 0.1) is 0 Å². The SMILES string of the molecule is CCCC1CCc2c(ccc(-c3ccc(F)c(F)c3)c2F)C1. The van der Waals surface area contributed by atoms with Gasteiger partial charge in [-0.3, -0.25) is 0 Å². The first-order valence-electron chi connectivity index (χ1n) is 7.85. The van der Waals surface area contributed by atoms with E-state index in [-0.39, 0.29) is 5.82 Å². The van der Waals surface area contributed by atoms with E-state index in [0.29, 0.717) is 17.0 Å². The van der Waals surface area contributed by atoms with Crippen molar-refractivity contribution < 1.29 is 13.2 Å². The molecular weight excluding hydrogens is 285 g/mol. The average molecular weight is 304 g/mol. The molecule has 0 saturated carbocycles. The highest BCUT2D eigenvalue weighted by atomic mass is 19.2. The predicted octanol–water partition coefficient (Wildman–Crippen LogP) is 5.68. The second-order valence-corrected chi connectivity index (χ2v) is 6.09. The first-order valence-corrected chi connectivity index (χ1v) is 7.85. The summed E-state index contributed by atoms with van der Waals surface area (Å²) in [6.07, 6.45) is 4.96. The van der Waals surface area contributed by atoms with Crippen molar-refractivity contribution >= 4 is 0 Å². The van der Waals surface area contributed by atoms with Crippen LogP contribution in [0, 0.1) is 23.4 Å². The van der Waals surface area contributed by atoms with Crippen molar-refractivity contribution in [1.82, 2.24) is 0 Å². The maximum absolute atomic E-state index is 14.8. The number of halogens is 3. The van der Waals surface area contributed by atoms with E-state index in [2.05, 4.69) is 6.92 Å². The summed E-state index contributed by atoms with van der Waals surface area (Å²) in [5, 5.41) is 0. The quantitative estimate of drug-likeness (QED) is 0.684. The van der Waals surface area contributed by atoms with Gasteiger partial charge in [-0.2, -0.15) is 0 Å². The molecule has 0 radical (unpaired) electrons. The van der Waals surface area contributed by atoms with E-state index < -0.39 is 11.6 Å². The van der Waals surface area contributed by atoms with Crippen LogP contribution in [-0.4, -0.2) is 0 Å². The fourth-order valence-corrected chi connectivity index (χ4v) is 3.43. The Morgan fingerprint density at radius 3 is 2.59 bits per heavy atom. The molecule has 0 heterocycles. The molecule has 0 amide bonds. The molecule has 0 bridgehead atoms. The van der Waals surface area contributed by atoms with Crippen LogP contribution in [0.4, 0.5) is 13.2 Å². The molecule has 0 aromatic heterocycles. The van der Waals surface area contributed by atoms with Crippen molar-refractivity contribution in [1.29, 1.82) is 0 Å². The molecule has 116 valence electrons. The van der Waals surface area contributed by atoms with Crippen LogP contribution in [0.1, 0.15) is 37.3 Å². The van der Waals surface area contributed by atoms with Gasteiger partial charge in [0.15, 0.2) is 11.6 Å². The Kier molecular flexibility index (Phi) is 4.23. The van der Waals surface area contributed by atoms with Gasteiger partial charge < -0.3 is 0 Å². The second-order valence-electron chi connectivity index (χ2n) is 6.09. The minimum absolute atomic E-state index is 0.279. The van der Waals surface area contributed by atoms with Crippen molar-refractivity contribution in [3.8, 4) is 11.1 Å². The van der Waals surface area contributed by atoms with E-state index >= 15 is 0 Å². The van der Waals surface area contributed by atoms with Gasteiger partial charge in [0.1, 0.15) is 5.82 Å². The van der Waals surface area contributed by atoms with Crippen LogP contribution >= 0.6 is 0 Å². The van der Waals surface area contributed by atoms with E-state index in [1.54, 1.807) is 6.07 Å². The predicted molar refractivity (Wildman–Crippen MR) is 82.2 cm³/mol. The highest BCUT2D eigenvalue weighted by Crippen LogP contribution is 2.34. The van der Waals surface area contributed by atoms with Gasteiger partial charge in [-0.15, -0.1) is 0 Å². The van der Waals surface area contributed by atoms with Gasteiger partial charge >= 0.3 is 0 Å². The topological polar surface area (TPSA) is 0 Å². The summed E-state index contributed by atoms with van der Waals surface area (Å²) in [7, 11) is 0. The Morgan fingerprint density at radius 1 is 1.05 bits per heavy atom. The molecule has 1 unspecified atom stereocenters. The maximum atomic E-state index is 14.8. The summed E-state index contributed by atoms with van der Waals surface area (Å²) in [6.45, 7) is 2.17. The van der Waals surface area contributed by atoms with Crippen molar-refractivity contribution in [2.75, 3.05) is 0 Å². The molecule has 2 aromatic rings. The molecule has 3 rings (SSSR count). The zero-order valence-electron chi connectivity index (χ0n) is 12.6. The Balaban J connectivity index is 1.97. The zero-order valence-corrected chi connectivity index (χ0v) is 12.6. The van der Waals surface area contributed by atoms with Gasteiger partial charge in [-0.25, -0.2) is 13.2 Å². The zero-order chi connectivity index (χ0) is 15.7. The van der Waals surface area contributed by atoms with E-state index in [1.165, 1.54) is 12.5 Å². The lowest BCUT2D eigenvalue weighted by Crippen LogP contribution is -2.15. The molecule has 3 heteroatoms. The van der Waals surface area contributed by atoms with Gasteiger partial charge in [0.2, 0.25) is 0 Å². The molecule has 0 fully saturated rings. The Hall–Kier alpha value is -1.77. The molecule has 0 saturated heterocycles. The Labute approximate surface area is 129 Å². The van der Waals surface area contributed by atoms with Crippen LogP contribution in [-0.2, 0) is 12.8 Å². The molecule has 0 aliphatic heterocycles. The number of hydrogen-bond donors (Lipinski definition) is 0. The summed E-state index contributed by atoms with van der Waals surface area (Å²) in [5.74, 6) is -1.51. The summed E-state index contributed by atoms with van der Waals surface area (Å²) in [4.78, 5) is 0. The van der Waals surface area contributed by atoms with E-state index in [9.17, 15) is 13.2 Å². The van der Waals surface area contributed by atoms with Crippen LogP contribution in [0.15, 0.2) is 30.3 Å². The van der Waals surface area contributed by atoms with E-state index in [4.69, 9.17) is 0 Å². The molecule has 1 aliphatic carbocycles. The van der Waals surface area contributed by atoms with Crippen molar-refractivity contribution in [2.45, 2.75) is 39.0 Å². The molecule has 1 atom stereocenters. The molecule has 22 heavy (non-hydrogen) atoms. The molecular formula is C19H19F3. The minimum atomic E-state index is -0.947. The normalized spacial score (nSPS) is 17.4. The van der Waals surface area contributed by atoms with Crippen LogP contribution < -0.4 is 0 Å². The largest absolute Gasteiger partial charge is 0.206 e. The van der Waals surface area contributed by atoms with Gasteiger partial charge in [-0.05, 0) is 54.0 Å². The van der Waals surface area contributed by atoms with Crippen LogP contribution in [0.3, 0.4) is 0 Å². The third-order valence-electron chi connectivity index (χ3n) is 4.58. The fraction of sp³-hybridized carbons (Fsp3) is 0.368. The summed E-state index contributed by atoms with van der Waals surface area (Å²) < 4.78 is 41.2. The molecule has 2 aromatic carbocycles.